The molecule has 0 radical (unpaired) electrons. The Morgan fingerprint density at radius 2 is 2.00 bits per heavy atom. The van der Waals surface area contributed by atoms with Gasteiger partial charge in [0, 0.05) is 18.0 Å². The average molecular weight is 338 g/mol. The van der Waals surface area contributed by atoms with Gasteiger partial charge in [0.15, 0.2) is 6.23 Å². The Hall–Kier alpha value is -1.56. The van der Waals surface area contributed by atoms with Gasteiger partial charge in [0.05, 0.1) is 6.10 Å². The van der Waals surface area contributed by atoms with Gasteiger partial charge in [-0.15, -0.1) is 5.92 Å². The third-order valence-corrected chi connectivity index (χ3v) is 5.97. The maximum absolute atomic E-state index is 6.47. The number of nitrogens with zero attached hydrogens (tertiary/aromatic N) is 1. The van der Waals surface area contributed by atoms with Crippen molar-refractivity contribution in [3.8, 4) is 11.8 Å². The highest BCUT2D eigenvalue weighted by Gasteiger charge is 2.49. The summed E-state index contributed by atoms with van der Waals surface area (Å²) in [5, 5.41) is 0. The van der Waals surface area contributed by atoms with Crippen molar-refractivity contribution >= 4 is 6.08 Å². The molecule has 1 saturated carbocycles. The molecule has 1 heterocycles. The SMILES string of the molecule is CC#C[C@@H]1O[C@@H]2C[C@H](C)CC[C@H]2C(C)(C)N1C/C=C/c1ccccc1. The first-order valence-corrected chi connectivity index (χ1v) is 9.58. The summed E-state index contributed by atoms with van der Waals surface area (Å²) < 4.78 is 6.47. The Kier molecular flexibility index (Phi) is 5.67. The third kappa shape index (κ3) is 4.00. The van der Waals surface area contributed by atoms with Crippen molar-refractivity contribution in [1.82, 2.24) is 4.90 Å². The van der Waals surface area contributed by atoms with Crippen molar-refractivity contribution in [2.24, 2.45) is 11.8 Å². The van der Waals surface area contributed by atoms with Crippen LogP contribution in [0.15, 0.2) is 36.4 Å². The van der Waals surface area contributed by atoms with Crippen molar-refractivity contribution in [2.75, 3.05) is 6.54 Å². The summed E-state index contributed by atoms with van der Waals surface area (Å²) in [5.74, 6) is 7.73. The van der Waals surface area contributed by atoms with Crippen LogP contribution in [0.3, 0.4) is 0 Å². The highest BCUT2D eigenvalue weighted by Crippen LogP contribution is 2.44. The fourth-order valence-corrected chi connectivity index (χ4v) is 4.47. The number of fused-ring (bicyclic) bond motifs is 1. The molecule has 0 spiro atoms. The third-order valence-electron chi connectivity index (χ3n) is 5.97. The minimum atomic E-state index is -0.105. The lowest BCUT2D eigenvalue weighted by Gasteiger charge is -2.56. The molecule has 1 aliphatic carbocycles. The van der Waals surface area contributed by atoms with Gasteiger partial charge in [-0.3, -0.25) is 4.90 Å². The molecule has 0 amide bonds. The number of hydrogen-bond acceptors (Lipinski definition) is 2. The number of hydrogen-bond donors (Lipinski definition) is 0. The minimum Gasteiger partial charge on any atom is -0.348 e. The maximum Gasteiger partial charge on any atom is 0.174 e. The normalized spacial score (nSPS) is 32.0. The molecule has 1 saturated heterocycles. The fourth-order valence-electron chi connectivity index (χ4n) is 4.47. The fraction of sp³-hybridized carbons (Fsp3) is 0.565. The van der Waals surface area contributed by atoms with Gasteiger partial charge in [-0.25, -0.2) is 0 Å². The number of ether oxygens (including phenoxy) is 1. The second kappa shape index (κ2) is 7.77. The lowest BCUT2D eigenvalue weighted by Crippen LogP contribution is -2.64. The van der Waals surface area contributed by atoms with E-state index in [9.17, 15) is 0 Å². The summed E-state index contributed by atoms with van der Waals surface area (Å²) in [4.78, 5) is 2.44. The van der Waals surface area contributed by atoms with Gasteiger partial charge in [0.2, 0.25) is 0 Å². The molecule has 1 aliphatic heterocycles. The van der Waals surface area contributed by atoms with Crippen LogP contribution in [0.5, 0.6) is 0 Å². The molecular weight excluding hydrogens is 306 g/mol. The second-order valence-electron chi connectivity index (χ2n) is 8.07. The zero-order chi connectivity index (χ0) is 17.9. The van der Waals surface area contributed by atoms with Crippen LogP contribution in [0.4, 0.5) is 0 Å². The van der Waals surface area contributed by atoms with Crippen LogP contribution in [0.1, 0.15) is 52.5 Å². The van der Waals surface area contributed by atoms with E-state index < -0.39 is 0 Å². The summed E-state index contributed by atoms with van der Waals surface area (Å²) >= 11 is 0. The summed E-state index contributed by atoms with van der Waals surface area (Å²) in [6.07, 6.45) is 8.42. The minimum absolute atomic E-state index is 0.0958. The Labute approximate surface area is 153 Å². The van der Waals surface area contributed by atoms with E-state index in [0.29, 0.717) is 12.0 Å². The first-order valence-electron chi connectivity index (χ1n) is 9.58. The molecule has 2 fully saturated rings. The Morgan fingerprint density at radius 3 is 2.72 bits per heavy atom. The molecule has 1 aromatic carbocycles. The van der Waals surface area contributed by atoms with E-state index in [4.69, 9.17) is 4.74 Å². The van der Waals surface area contributed by atoms with Crippen LogP contribution in [-0.4, -0.2) is 29.3 Å². The monoisotopic (exact) mass is 337 g/mol. The molecule has 0 aromatic heterocycles. The van der Waals surface area contributed by atoms with Gasteiger partial charge < -0.3 is 4.74 Å². The lowest BCUT2D eigenvalue weighted by molar-refractivity contribution is -0.208. The van der Waals surface area contributed by atoms with Crippen molar-refractivity contribution in [1.29, 1.82) is 0 Å². The lowest BCUT2D eigenvalue weighted by atomic mass is 9.70. The highest BCUT2D eigenvalue weighted by molar-refractivity contribution is 5.48. The quantitative estimate of drug-likeness (QED) is 0.723. The van der Waals surface area contributed by atoms with Gasteiger partial charge in [0.1, 0.15) is 0 Å². The van der Waals surface area contributed by atoms with E-state index in [1.807, 2.05) is 6.92 Å². The van der Waals surface area contributed by atoms with Crippen LogP contribution in [0, 0.1) is 23.7 Å². The molecule has 4 atom stereocenters. The molecule has 134 valence electrons. The first kappa shape index (κ1) is 18.2. The molecule has 2 aliphatic rings. The van der Waals surface area contributed by atoms with Crippen molar-refractivity contribution in [3.63, 3.8) is 0 Å². The zero-order valence-corrected chi connectivity index (χ0v) is 16.0. The van der Waals surface area contributed by atoms with Crippen LogP contribution in [0.25, 0.3) is 6.08 Å². The number of benzene rings is 1. The van der Waals surface area contributed by atoms with Crippen molar-refractivity contribution < 1.29 is 4.74 Å². The van der Waals surface area contributed by atoms with Crippen LogP contribution >= 0.6 is 0 Å². The molecular formula is C23H31NO. The molecule has 25 heavy (non-hydrogen) atoms. The standard InChI is InChI=1S/C23H31NO/c1-5-10-22-24(16-9-13-19-11-7-6-8-12-19)23(3,4)20-15-14-18(2)17-21(20)25-22/h6-9,11-13,18,20-22H,14-17H2,1-4H3/b13-9+/t18-,20-,21-,22+/m1/s1. The van der Waals surface area contributed by atoms with E-state index >= 15 is 0 Å². The van der Waals surface area contributed by atoms with Gasteiger partial charge in [-0.05, 0) is 45.1 Å². The Morgan fingerprint density at radius 1 is 1.24 bits per heavy atom. The Bertz CT molecular complexity index is 652. The topological polar surface area (TPSA) is 12.5 Å². The summed E-state index contributed by atoms with van der Waals surface area (Å²) in [6, 6.07) is 10.5. The molecule has 2 nitrogen and oxygen atoms in total. The van der Waals surface area contributed by atoms with Crippen molar-refractivity contribution in [3.05, 3.63) is 42.0 Å². The molecule has 3 rings (SSSR count). The van der Waals surface area contributed by atoms with Gasteiger partial charge in [0.25, 0.3) is 0 Å². The van der Waals surface area contributed by atoms with Crippen LogP contribution in [0.2, 0.25) is 0 Å². The van der Waals surface area contributed by atoms with E-state index in [2.05, 4.69) is 80.0 Å². The summed E-state index contributed by atoms with van der Waals surface area (Å²) in [5.41, 5.74) is 1.33. The average Bonchev–Trinajstić information content (AvgIpc) is 2.58. The van der Waals surface area contributed by atoms with Gasteiger partial charge >= 0.3 is 0 Å². The van der Waals surface area contributed by atoms with E-state index in [-0.39, 0.29) is 11.8 Å². The smallest absolute Gasteiger partial charge is 0.174 e. The largest absolute Gasteiger partial charge is 0.348 e. The predicted octanol–water partition coefficient (Wildman–Crippen LogP) is 4.96. The maximum atomic E-state index is 6.47. The molecule has 0 N–H and O–H groups in total. The predicted molar refractivity (Wildman–Crippen MR) is 105 cm³/mol. The summed E-state index contributed by atoms with van der Waals surface area (Å²) in [6.45, 7) is 9.87. The zero-order valence-electron chi connectivity index (χ0n) is 16.0. The van der Waals surface area contributed by atoms with Gasteiger partial charge in [-0.1, -0.05) is 61.7 Å². The van der Waals surface area contributed by atoms with E-state index in [0.717, 1.165) is 12.5 Å². The highest BCUT2D eigenvalue weighted by atomic mass is 16.5. The molecule has 1 aromatic rings. The van der Waals surface area contributed by atoms with Crippen LogP contribution < -0.4 is 0 Å². The van der Waals surface area contributed by atoms with Gasteiger partial charge in [-0.2, -0.15) is 0 Å². The molecule has 0 bridgehead atoms. The first-order chi connectivity index (χ1) is 12.0. The molecule has 0 unspecified atom stereocenters. The number of rotatable bonds is 3. The molecule has 2 heteroatoms. The van der Waals surface area contributed by atoms with Crippen molar-refractivity contribution in [2.45, 2.75) is 64.8 Å². The second-order valence-corrected chi connectivity index (χ2v) is 8.07. The van der Waals surface area contributed by atoms with E-state index in [1.54, 1.807) is 0 Å². The van der Waals surface area contributed by atoms with Crippen LogP contribution in [-0.2, 0) is 4.74 Å². The Balaban J connectivity index is 1.79. The van der Waals surface area contributed by atoms with E-state index in [1.165, 1.54) is 24.8 Å². The summed E-state index contributed by atoms with van der Waals surface area (Å²) in [7, 11) is 0.